The summed E-state index contributed by atoms with van der Waals surface area (Å²) in [5.74, 6) is 0.580. The summed E-state index contributed by atoms with van der Waals surface area (Å²) in [7, 11) is 0. The summed E-state index contributed by atoms with van der Waals surface area (Å²) in [6, 6.07) is 12.7. The van der Waals surface area contributed by atoms with Crippen molar-refractivity contribution in [3.8, 4) is 11.3 Å². The van der Waals surface area contributed by atoms with Crippen LogP contribution in [0.5, 0.6) is 0 Å². The van der Waals surface area contributed by atoms with Crippen LogP contribution >= 0.6 is 0 Å². The molecule has 5 nitrogen and oxygen atoms in total. The number of nitrogens with zero attached hydrogens (tertiary/aromatic N) is 1. The van der Waals surface area contributed by atoms with Crippen molar-refractivity contribution in [2.75, 3.05) is 0 Å². The number of cyclic esters (lactones) is 1. The fourth-order valence-corrected chi connectivity index (χ4v) is 2.25. The summed E-state index contributed by atoms with van der Waals surface area (Å²) in [5.41, 5.74) is 0.844. The van der Waals surface area contributed by atoms with E-state index in [0.717, 1.165) is 5.56 Å². The highest BCUT2D eigenvalue weighted by atomic mass is 19.1. The summed E-state index contributed by atoms with van der Waals surface area (Å²) in [5, 5.41) is 0. The van der Waals surface area contributed by atoms with E-state index in [2.05, 4.69) is 4.99 Å². The van der Waals surface area contributed by atoms with Crippen LogP contribution in [0, 0.1) is 5.82 Å². The van der Waals surface area contributed by atoms with Crippen LogP contribution < -0.4 is 0 Å². The Bertz CT molecular complexity index is 949. The molecule has 0 N–H and O–H groups in total. The third-order valence-corrected chi connectivity index (χ3v) is 3.39. The Balaban J connectivity index is 1.62. The topological polar surface area (TPSA) is 64.9 Å². The highest BCUT2D eigenvalue weighted by Crippen LogP contribution is 2.25. The largest absolute Gasteiger partial charge is 0.459 e. The van der Waals surface area contributed by atoms with Gasteiger partial charge in [0.2, 0.25) is 0 Å². The number of halogens is 1. The van der Waals surface area contributed by atoms with Gasteiger partial charge >= 0.3 is 5.97 Å². The second kappa shape index (κ2) is 5.66. The summed E-state index contributed by atoms with van der Waals surface area (Å²) in [4.78, 5) is 16.0. The van der Waals surface area contributed by atoms with Crippen LogP contribution in [-0.4, -0.2) is 11.9 Å². The first-order valence-corrected chi connectivity index (χ1v) is 7.11. The van der Waals surface area contributed by atoms with Gasteiger partial charge in [0.1, 0.15) is 17.3 Å². The fraction of sp³-hybridized carbons (Fsp3) is 0. The van der Waals surface area contributed by atoms with Gasteiger partial charge in [-0.05, 0) is 48.5 Å². The third kappa shape index (κ3) is 2.65. The number of hydrogen-bond donors (Lipinski definition) is 0. The zero-order valence-electron chi connectivity index (χ0n) is 12.2. The van der Waals surface area contributed by atoms with Crippen molar-refractivity contribution in [2.24, 2.45) is 4.99 Å². The van der Waals surface area contributed by atoms with Crippen LogP contribution in [-0.2, 0) is 9.53 Å². The van der Waals surface area contributed by atoms with Gasteiger partial charge in [0, 0.05) is 11.6 Å². The Morgan fingerprint density at radius 2 is 1.83 bits per heavy atom. The molecule has 4 rings (SSSR count). The Morgan fingerprint density at radius 3 is 2.58 bits per heavy atom. The van der Waals surface area contributed by atoms with Crippen molar-refractivity contribution >= 4 is 17.9 Å². The SMILES string of the molecule is O=C1OC(c2ccco2)=NC1=Cc1ccc(-c2ccc(F)cc2)o1. The van der Waals surface area contributed by atoms with Crippen LogP contribution in [0.1, 0.15) is 11.5 Å². The van der Waals surface area contributed by atoms with Crippen LogP contribution in [0.25, 0.3) is 17.4 Å². The number of esters is 1. The molecule has 118 valence electrons. The maximum absolute atomic E-state index is 13.0. The molecule has 6 heteroatoms. The van der Waals surface area contributed by atoms with E-state index in [1.54, 1.807) is 36.4 Å². The first-order valence-electron chi connectivity index (χ1n) is 7.11. The smallest absolute Gasteiger partial charge is 0.364 e. The molecule has 0 aliphatic carbocycles. The zero-order valence-corrected chi connectivity index (χ0v) is 12.2. The number of aliphatic imine (C=N–C) groups is 1. The number of ether oxygens (including phenoxy) is 1. The lowest BCUT2D eigenvalue weighted by Crippen LogP contribution is -2.04. The van der Waals surface area contributed by atoms with E-state index in [9.17, 15) is 9.18 Å². The highest BCUT2D eigenvalue weighted by Gasteiger charge is 2.26. The van der Waals surface area contributed by atoms with Gasteiger partial charge in [-0.2, -0.15) is 0 Å². The molecule has 0 saturated carbocycles. The molecule has 0 radical (unpaired) electrons. The van der Waals surface area contributed by atoms with E-state index in [0.29, 0.717) is 17.3 Å². The Morgan fingerprint density at radius 1 is 1.00 bits per heavy atom. The first kappa shape index (κ1) is 14.2. The van der Waals surface area contributed by atoms with Gasteiger partial charge in [-0.3, -0.25) is 0 Å². The molecule has 0 bridgehead atoms. The second-order valence-corrected chi connectivity index (χ2v) is 5.02. The summed E-state index contributed by atoms with van der Waals surface area (Å²) < 4.78 is 28.8. The lowest BCUT2D eigenvalue weighted by Gasteiger charge is -1.96. The van der Waals surface area contributed by atoms with Crippen molar-refractivity contribution < 1.29 is 22.8 Å². The predicted octanol–water partition coefficient (Wildman–Crippen LogP) is 4.02. The summed E-state index contributed by atoms with van der Waals surface area (Å²) in [6.45, 7) is 0. The van der Waals surface area contributed by atoms with Crippen LogP contribution in [0.4, 0.5) is 4.39 Å². The number of hydrogen-bond acceptors (Lipinski definition) is 5. The predicted molar refractivity (Wildman–Crippen MR) is 83.4 cm³/mol. The van der Waals surface area contributed by atoms with Gasteiger partial charge in [-0.15, -0.1) is 0 Å². The lowest BCUT2D eigenvalue weighted by atomic mass is 10.2. The van der Waals surface area contributed by atoms with Gasteiger partial charge in [-0.25, -0.2) is 14.2 Å². The third-order valence-electron chi connectivity index (χ3n) is 3.39. The van der Waals surface area contributed by atoms with E-state index in [1.807, 2.05) is 0 Å². The molecule has 0 fully saturated rings. The standard InChI is InChI=1S/C18H10FNO4/c19-12-5-3-11(4-6-12)15-8-7-13(23-15)10-14-18(21)24-17(20-14)16-2-1-9-22-16/h1-10H. The highest BCUT2D eigenvalue weighted by molar-refractivity contribution is 6.11. The van der Waals surface area contributed by atoms with Crippen molar-refractivity contribution in [3.05, 3.63) is 77.8 Å². The average molecular weight is 323 g/mol. The van der Waals surface area contributed by atoms with Crippen LogP contribution in [0.3, 0.4) is 0 Å². The molecular weight excluding hydrogens is 313 g/mol. The van der Waals surface area contributed by atoms with Gasteiger partial charge in [0.25, 0.3) is 5.90 Å². The summed E-state index contributed by atoms with van der Waals surface area (Å²) >= 11 is 0. The minimum absolute atomic E-state index is 0.112. The minimum atomic E-state index is -0.582. The van der Waals surface area contributed by atoms with E-state index < -0.39 is 5.97 Å². The lowest BCUT2D eigenvalue weighted by molar-refractivity contribution is -0.130. The maximum atomic E-state index is 13.0. The molecule has 2 aromatic heterocycles. The maximum Gasteiger partial charge on any atom is 0.364 e. The Labute approximate surface area is 135 Å². The molecule has 0 amide bonds. The number of benzene rings is 1. The first-order chi connectivity index (χ1) is 11.7. The van der Waals surface area contributed by atoms with Crippen molar-refractivity contribution in [3.63, 3.8) is 0 Å². The van der Waals surface area contributed by atoms with Gasteiger partial charge in [-0.1, -0.05) is 0 Å². The minimum Gasteiger partial charge on any atom is -0.459 e. The van der Waals surface area contributed by atoms with E-state index >= 15 is 0 Å². The molecule has 3 aromatic rings. The molecule has 1 aliphatic rings. The number of carbonyl (C=O) groups is 1. The Kier molecular flexibility index (Phi) is 3.35. The van der Waals surface area contributed by atoms with Crippen molar-refractivity contribution in [2.45, 2.75) is 0 Å². The van der Waals surface area contributed by atoms with Crippen molar-refractivity contribution in [1.82, 2.24) is 0 Å². The van der Waals surface area contributed by atoms with Gasteiger partial charge in [0.05, 0.1) is 6.26 Å². The van der Waals surface area contributed by atoms with Crippen molar-refractivity contribution in [1.29, 1.82) is 0 Å². The quantitative estimate of drug-likeness (QED) is 0.539. The second-order valence-electron chi connectivity index (χ2n) is 5.02. The molecule has 0 unspecified atom stereocenters. The molecule has 0 spiro atoms. The molecule has 1 aromatic carbocycles. The normalized spacial score (nSPS) is 15.6. The molecular formula is C18H10FNO4. The fourth-order valence-electron chi connectivity index (χ4n) is 2.25. The molecule has 0 atom stereocenters. The van der Waals surface area contributed by atoms with E-state index in [-0.39, 0.29) is 17.4 Å². The molecule has 0 saturated heterocycles. The monoisotopic (exact) mass is 323 g/mol. The molecule has 24 heavy (non-hydrogen) atoms. The molecule has 3 heterocycles. The van der Waals surface area contributed by atoms with E-state index in [1.165, 1.54) is 24.5 Å². The number of furan rings is 2. The number of rotatable bonds is 3. The summed E-state index contributed by atoms with van der Waals surface area (Å²) in [6.07, 6.45) is 2.94. The van der Waals surface area contributed by atoms with Gasteiger partial charge < -0.3 is 13.6 Å². The zero-order chi connectivity index (χ0) is 16.5. The Hall–Kier alpha value is -3.41. The number of carbonyl (C=O) groups excluding carboxylic acids is 1. The average Bonchev–Trinajstić information content (AvgIpc) is 3.31. The molecule has 1 aliphatic heterocycles. The van der Waals surface area contributed by atoms with Gasteiger partial charge in [0.15, 0.2) is 11.5 Å². The van der Waals surface area contributed by atoms with Crippen LogP contribution in [0.2, 0.25) is 0 Å². The van der Waals surface area contributed by atoms with E-state index in [4.69, 9.17) is 13.6 Å². The van der Waals surface area contributed by atoms with Crippen LogP contribution in [0.15, 0.2) is 74.3 Å².